The first kappa shape index (κ1) is 14.5. The van der Waals surface area contributed by atoms with Crippen molar-refractivity contribution in [1.82, 2.24) is 20.3 Å². The lowest BCUT2D eigenvalue weighted by atomic mass is 9.93. The smallest absolute Gasteiger partial charge is 0.360 e. The van der Waals surface area contributed by atoms with E-state index in [1.165, 1.54) is 7.11 Å². The fraction of sp³-hybridized carbons (Fsp3) is 0.786. The van der Waals surface area contributed by atoms with E-state index in [1.807, 2.05) is 4.68 Å². The number of hydrogen-bond acceptors (Lipinski definition) is 6. The summed E-state index contributed by atoms with van der Waals surface area (Å²) >= 11 is 0. The molecular weight excluding hydrogens is 272 g/mol. The zero-order valence-corrected chi connectivity index (χ0v) is 12.4. The van der Waals surface area contributed by atoms with Crippen molar-refractivity contribution in [3.63, 3.8) is 0 Å². The molecule has 2 fully saturated rings. The maximum Gasteiger partial charge on any atom is 0.360 e. The van der Waals surface area contributed by atoms with Gasteiger partial charge in [-0.2, -0.15) is 0 Å². The molecule has 0 aliphatic carbocycles. The number of ether oxygens (including phenoxy) is 2. The maximum absolute atomic E-state index is 11.9. The zero-order chi connectivity index (χ0) is 14.7. The molecule has 3 rings (SSSR count). The molecule has 7 nitrogen and oxygen atoms in total. The Kier molecular flexibility index (Phi) is 4.50. The molecule has 116 valence electrons. The number of hydrogen-bond donors (Lipinski definition) is 1. The van der Waals surface area contributed by atoms with Crippen LogP contribution < -0.4 is 5.32 Å². The molecule has 0 bridgehead atoms. The van der Waals surface area contributed by atoms with E-state index in [1.54, 1.807) is 0 Å². The summed E-state index contributed by atoms with van der Waals surface area (Å²) in [5.74, 6) is -0.0983. The summed E-state index contributed by atoms with van der Waals surface area (Å²) in [7, 11) is 1.38. The highest BCUT2D eigenvalue weighted by molar-refractivity contribution is 5.88. The normalized spacial score (nSPS) is 23.4. The van der Waals surface area contributed by atoms with Gasteiger partial charge in [0.2, 0.25) is 0 Å². The fourth-order valence-corrected chi connectivity index (χ4v) is 3.18. The quantitative estimate of drug-likeness (QED) is 0.824. The largest absolute Gasteiger partial charge is 0.464 e. The minimum absolute atomic E-state index is 0.178. The van der Waals surface area contributed by atoms with E-state index < -0.39 is 5.97 Å². The van der Waals surface area contributed by atoms with Crippen LogP contribution in [0.2, 0.25) is 0 Å². The van der Waals surface area contributed by atoms with Crippen molar-refractivity contribution in [1.29, 1.82) is 0 Å². The lowest BCUT2D eigenvalue weighted by Gasteiger charge is -2.24. The molecule has 2 aliphatic rings. The average Bonchev–Trinajstić information content (AvgIpc) is 3.17. The van der Waals surface area contributed by atoms with Gasteiger partial charge in [-0.05, 0) is 38.8 Å². The summed E-state index contributed by atoms with van der Waals surface area (Å²) in [5.41, 5.74) is 1.28. The van der Waals surface area contributed by atoms with Gasteiger partial charge in [0.05, 0.1) is 25.5 Å². The van der Waals surface area contributed by atoms with Crippen LogP contribution in [0.4, 0.5) is 0 Å². The molecule has 3 heterocycles. The van der Waals surface area contributed by atoms with Crippen LogP contribution in [0.15, 0.2) is 0 Å². The standard InChI is InChI=1S/C14H22N4O3/c1-20-14(19)12-13(10-4-6-15-7-5-10)18(17-16-12)9-11-3-2-8-21-11/h10-11,15H,2-9H2,1H3. The topological polar surface area (TPSA) is 78.3 Å². The number of methoxy groups -OCH3 is 1. The number of carbonyl (C=O) groups is 1. The molecule has 0 amide bonds. The van der Waals surface area contributed by atoms with Gasteiger partial charge in [-0.15, -0.1) is 5.10 Å². The van der Waals surface area contributed by atoms with E-state index in [0.29, 0.717) is 18.2 Å². The Labute approximate surface area is 124 Å². The van der Waals surface area contributed by atoms with Crippen molar-refractivity contribution in [2.45, 2.75) is 44.2 Å². The molecule has 1 atom stereocenters. The molecule has 1 N–H and O–H groups in total. The molecule has 1 aromatic rings. The Hall–Kier alpha value is -1.47. The average molecular weight is 294 g/mol. The molecule has 1 aromatic heterocycles. The number of nitrogens with one attached hydrogen (secondary N) is 1. The van der Waals surface area contributed by atoms with Crippen molar-refractivity contribution < 1.29 is 14.3 Å². The summed E-state index contributed by atoms with van der Waals surface area (Å²) in [6, 6.07) is 0. The van der Waals surface area contributed by atoms with Crippen LogP contribution in [-0.2, 0) is 16.0 Å². The van der Waals surface area contributed by atoms with Gasteiger partial charge >= 0.3 is 5.97 Å². The van der Waals surface area contributed by atoms with Crippen molar-refractivity contribution in [2.75, 3.05) is 26.8 Å². The lowest BCUT2D eigenvalue weighted by molar-refractivity contribution is 0.0590. The van der Waals surface area contributed by atoms with Gasteiger partial charge in [0.25, 0.3) is 0 Å². The summed E-state index contributed by atoms with van der Waals surface area (Å²) in [5, 5.41) is 11.6. The van der Waals surface area contributed by atoms with Gasteiger partial charge in [-0.3, -0.25) is 0 Å². The third kappa shape index (κ3) is 3.08. The second-order valence-electron chi connectivity index (χ2n) is 5.66. The maximum atomic E-state index is 11.9. The molecule has 0 saturated carbocycles. The minimum atomic E-state index is -0.401. The summed E-state index contributed by atoms with van der Waals surface area (Å²) in [6.45, 7) is 3.39. The van der Waals surface area contributed by atoms with E-state index >= 15 is 0 Å². The Bertz CT molecular complexity index is 490. The molecule has 0 aromatic carbocycles. The van der Waals surface area contributed by atoms with Crippen molar-refractivity contribution in [3.8, 4) is 0 Å². The second-order valence-corrected chi connectivity index (χ2v) is 5.66. The van der Waals surface area contributed by atoms with Crippen LogP contribution in [0.5, 0.6) is 0 Å². The summed E-state index contributed by atoms with van der Waals surface area (Å²) in [6.07, 6.45) is 4.29. The third-order valence-electron chi connectivity index (χ3n) is 4.28. The molecule has 2 saturated heterocycles. The Morgan fingerprint density at radius 1 is 1.43 bits per heavy atom. The van der Waals surface area contributed by atoms with E-state index in [0.717, 1.165) is 51.1 Å². The molecular formula is C14H22N4O3. The Morgan fingerprint density at radius 2 is 2.24 bits per heavy atom. The van der Waals surface area contributed by atoms with E-state index in [-0.39, 0.29) is 6.10 Å². The van der Waals surface area contributed by atoms with Crippen LogP contribution in [-0.4, -0.2) is 53.9 Å². The van der Waals surface area contributed by atoms with E-state index in [9.17, 15) is 4.79 Å². The van der Waals surface area contributed by atoms with Crippen molar-refractivity contribution in [3.05, 3.63) is 11.4 Å². The van der Waals surface area contributed by atoms with Crippen LogP contribution in [0.1, 0.15) is 47.8 Å². The number of esters is 1. The first-order chi connectivity index (χ1) is 10.3. The van der Waals surface area contributed by atoms with Crippen molar-refractivity contribution in [2.24, 2.45) is 0 Å². The molecule has 2 aliphatic heterocycles. The fourth-order valence-electron chi connectivity index (χ4n) is 3.18. The third-order valence-corrected chi connectivity index (χ3v) is 4.28. The first-order valence-corrected chi connectivity index (χ1v) is 7.63. The minimum Gasteiger partial charge on any atom is -0.464 e. The van der Waals surface area contributed by atoms with Gasteiger partial charge in [0, 0.05) is 12.5 Å². The zero-order valence-electron chi connectivity index (χ0n) is 12.4. The Balaban J connectivity index is 1.86. The van der Waals surface area contributed by atoms with Crippen LogP contribution >= 0.6 is 0 Å². The molecule has 7 heteroatoms. The van der Waals surface area contributed by atoms with Gasteiger partial charge < -0.3 is 14.8 Å². The number of carbonyl (C=O) groups excluding carboxylic acids is 1. The predicted octanol–water partition coefficient (Wildman–Crippen LogP) is 0.711. The van der Waals surface area contributed by atoms with Crippen LogP contribution in [0.25, 0.3) is 0 Å². The van der Waals surface area contributed by atoms with E-state index in [2.05, 4.69) is 15.6 Å². The Morgan fingerprint density at radius 3 is 2.90 bits per heavy atom. The summed E-state index contributed by atoms with van der Waals surface area (Å²) in [4.78, 5) is 11.9. The second kappa shape index (κ2) is 6.53. The summed E-state index contributed by atoms with van der Waals surface area (Å²) < 4.78 is 12.4. The lowest BCUT2D eigenvalue weighted by Crippen LogP contribution is -2.29. The molecule has 21 heavy (non-hydrogen) atoms. The highest BCUT2D eigenvalue weighted by Crippen LogP contribution is 2.28. The van der Waals surface area contributed by atoms with Gasteiger partial charge in [0.15, 0.2) is 5.69 Å². The number of rotatable bonds is 4. The van der Waals surface area contributed by atoms with Crippen molar-refractivity contribution >= 4 is 5.97 Å². The SMILES string of the molecule is COC(=O)c1nnn(CC2CCCO2)c1C1CCNCC1. The predicted molar refractivity (Wildman–Crippen MR) is 75.2 cm³/mol. The monoisotopic (exact) mass is 294 g/mol. The molecule has 0 spiro atoms. The van der Waals surface area contributed by atoms with Gasteiger partial charge in [-0.25, -0.2) is 9.48 Å². The van der Waals surface area contributed by atoms with Crippen LogP contribution in [0, 0.1) is 0 Å². The van der Waals surface area contributed by atoms with Gasteiger partial charge in [-0.1, -0.05) is 5.21 Å². The molecule has 0 radical (unpaired) electrons. The number of aromatic nitrogens is 3. The first-order valence-electron chi connectivity index (χ1n) is 7.63. The van der Waals surface area contributed by atoms with Crippen LogP contribution in [0.3, 0.4) is 0 Å². The highest BCUT2D eigenvalue weighted by atomic mass is 16.5. The highest BCUT2D eigenvalue weighted by Gasteiger charge is 2.29. The number of piperidine rings is 1. The van der Waals surface area contributed by atoms with Gasteiger partial charge in [0.1, 0.15) is 0 Å². The number of nitrogens with zero attached hydrogens (tertiary/aromatic N) is 3. The molecule has 1 unspecified atom stereocenters. The van der Waals surface area contributed by atoms with E-state index in [4.69, 9.17) is 9.47 Å².